The van der Waals surface area contributed by atoms with Gasteiger partial charge in [-0.3, -0.25) is 0 Å². The number of aromatic nitrogens is 1. The second kappa shape index (κ2) is 7.82. The van der Waals surface area contributed by atoms with Gasteiger partial charge >= 0.3 is 6.09 Å². The molecule has 2 aromatic carbocycles. The molecule has 2 aliphatic rings. The van der Waals surface area contributed by atoms with Crippen LogP contribution >= 0.6 is 0 Å². The maximum atomic E-state index is 13.0. The largest absolute Gasteiger partial charge is 0.414 e. The zero-order chi connectivity index (χ0) is 21.4. The molecule has 1 unspecified atom stereocenters. The highest BCUT2D eigenvalue weighted by Gasteiger charge is 2.34. The van der Waals surface area contributed by atoms with Gasteiger partial charge in [-0.15, -0.1) is 0 Å². The maximum absolute atomic E-state index is 13.0. The van der Waals surface area contributed by atoms with Crippen LogP contribution in [0.25, 0.3) is 0 Å². The first-order chi connectivity index (χ1) is 15.0. The van der Waals surface area contributed by atoms with E-state index in [0.717, 1.165) is 18.4 Å². The van der Waals surface area contributed by atoms with Gasteiger partial charge in [-0.25, -0.2) is 13.2 Å². The number of sulfonamides is 1. The van der Waals surface area contributed by atoms with Crippen molar-refractivity contribution in [2.75, 3.05) is 6.54 Å². The molecule has 31 heavy (non-hydrogen) atoms. The van der Waals surface area contributed by atoms with Crippen molar-refractivity contribution in [3.05, 3.63) is 77.0 Å². The third-order valence-electron chi connectivity index (χ3n) is 5.75. The zero-order valence-corrected chi connectivity index (χ0v) is 17.5. The standard InChI is InChI=1S/C22H21N3O5S/c26-22(23-19-11-10-15-6-4-5-9-17(15)19)29-21-18-14-25(13-12-20(18)30-24-21)31(27,28)16-7-2-1-3-8-16/h1-9,19H,10-14H2,(H,23,26). The first kappa shape index (κ1) is 19.8. The van der Waals surface area contributed by atoms with Gasteiger partial charge in [-0.1, -0.05) is 42.5 Å². The highest BCUT2D eigenvalue weighted by Crippen LogP contribution is 2.33. The Morgan fingerprint density at radius 1 is 1.10 bits per heavy atom. The Morgan fingerprint density at radius 2 is 1.87 bits per heavy atom. The van der Waals surface area contributed by atoms with E-state index in [0.29, 0.717) is 17.7 Å². The second-order valence-electron chi connectivity index (χ2n) is 7.62. The molecule has 0 bridgehead atoms. The molecule has 0 radical (unpaired) electrons. The molecule has 1 atom stereocenters. The summed E-state index contributed by atoms with van der Waals surface area (Å²) in [6.45, 7) is 0.300. The number of ether oxygens (including phenoxy) is 1. The van der Waals surface area contributed by atoms with Gasteiger partial charge in [-0.2, -0.15) is 4.31 Å². The molecule has 0 saturated carbocycles. The summed E-state index contributed by atoms with van der Waals surface area (Å²) < 4.78 is 38.0. The fraction of sp³-hybridized carbons (Fsp3) is 0.273. The Balaban J connectivity index is 1.30. The number of amides is 1. The summed E-state index contributed by atoms with van der Waals surface area (Å²) in [5.41, 5.74) is 2.78. The summed E-state index contributed by atoms with van der Waals surface area (Å²) >= 11 is 0. The molecule has 5 rings (SSSR count). The molecule has 1 aliphatic carbocycles. The van der Waals surface area contributed by atoms with Gasteiger partial charge in [0, 0.05) is 19.5 Å². The van der Waals surface area contributed by atoms with Gasteiger partial charge in [0.15, 0.2) is 0 Å². The normalized spacial score (nSPS) is 18.3. The number of carbonyl (C=O) groups is 1. The average Bonchev–Trinajstić information content (AvgIpc) is 3.38. The molecule has 0 spiro atoms. The van der Waals surface area contributed by atoms with Crippen LogP contribution in [0.5, 0.6) is 5.88 Å². The predicted octanol–water partition coefficient (Wildman–Crippen LogP) is 3.20. The summed E-state index contributed by atoms with van der Waals surface area (Å²) in [4.78, 5) is 12.7. The summed E-state index contributed by atoms with van der Waals surface area (Å²) in [6, 6.07) is 16.1. The maximum Gasteiger partial charge on any atom is 0.414 e. The summed E-state index contributed by atoms with van der Waals surface area (Å²) in [7, 11) is -3.67. The van der Waals surface area contributed by atoms with E-state index in [1.165, 1.54) is 9.87 Å². The number of fused-ring (bicyclic) bond motifs is 2. The number of hydrogen-bond donors (Lipinski definition) is 1. The SMILES string of the molecule is O=C(NC1CCc2ccccc21)Oc1noc2c1CN(S(=O)(=O)c1ccccc1)CC2. The number of carbonyl (C=O) groups excluding carboxylic acids is 1. The van der Waals surface area contributed by atoms with Crippen LogP contribution in [0.4, 0.5) is 4.79 Å². The minimum absolute atomic E-state index is 0.00624. The van der Waals surface area contributed by atoms with Gasteiger partial charge in [0.1, 0.15) is 5.76 Å². The fourth-order valence-corrected chi connectivity index (χ4v) is 5.58. The van der Waals surface area contributed by atoms with Crippen LogP contribution in [0.3, 0.4) is 0 Å². The van der Waals surface area contributed by atoms with E-state index in [1.54, 1.807) is 30.3 Å². The van der Waals surface area contributed by atoms with Crippen LogP contribution < -0.4 is 10.1 Å². The van der Waals surface area contributed by atoms with Gasteiger partial charge in [-0.05, 0) is 41.3 Å². The molecular formula is C22H21N3O5S. The monoisotopic (exact) mass is 439 g/mol. The summed E-state index contributed by atoms with van der Waals surface area (Å²) in [5, 5.41) is 6.74. The first-order valence-corrected chi connectivity index (χ1v) is 11.5. The van der Waals surface area contributed by atoms with Gasteiger partial charge in [0.2, 0.25) is 10.0 Å². The number of rotatable bonds is 4. The van der Waals surface area contributed by atoms with Crippen molar-refractivity contribution in [2.24, 2.45) is 0 Å². The molecule has 1 aliphatic heterocycles. The van der Waals surface area contributed by atoms with Crippen molar-refractivity contribution in [3.8, 4) is 5.88 Å². The van der Waals surface area contributed by atoms with E-state index < -0.39 is 16.1 Å². The molecule has 2 heterocycles. The van der Waals surface area contributed by atoms with E-state index >= 15 is 0 Å². The minimum Gasteiger partial charge on any atom is -0.388 e. The third kappa shape index (κ3) is 3.70. The molecule has 1 amide bonds. The molecular weight excluding hydrogens is 418 g/mol. The van der Waals surface area contributed by atoms with Gasteiger partial charge < -0.3 is 14.6 Å². The van der Waals surface area contributed by atoms with Crippen LogP contribution in [-0.4, -0.2) is 30.5 Å². The molecule has 0 fully saturated rings. The van der Waals surface area contributed by atoms with E-state index in [2.05, 4.69) is 16.5 Å². The number of hydrogen-bond acceptors (Lipinski definition) is 6. The van der Waals surface area contributed by atoms with Crippen molar-refractivity contribution in [3.63, 3.8) is 0 Å². The topological polar surface area (TPSA) is 102 Å². The number of benzene rings is 2. The highest BCUT2D eigenvalue weighted by atomic mass is 32.2. The lowest BCUT2D eigenvalue weighted by molar-refractivity contribution is 0.191. The van der Waals surface area contributed by atoms with E-state index in [9.17, 15) is 13.2 Å². The van der Waals surface area contributed by atoms with Crippen molar-refractivity contribution < 1.29 is 22.5 Å². The lowest BCUT2D eigenvalue weighted by Crippen LogP contribution is -2.36. The Labute approximate surface area is 179 Å². The van der Waals surface area contributed by atoms with Crippen molar-refractivity contribution in [1.82, 2.24) is 14.8 Å². The van der Waals surface area contributed by atoms with Crippen LogP contribution in [0.2, 0.25) is 0 Å². The quantitative estimate of drug-likeness (QED) is 0.670. The van der Waals surface area contributed by atoms with Gasteiger partial charge in [0.25, 0.3) is 5.88 Å². The molecule has 1 N–H and O–H groups in total. The molecule has 0 saturated heterocycles. The lowest BCUT2D eigenvalue weighted by Gasteiger charge is -2.25. The first-order valence-electron chi connectivity index (χ1n) is 10.1. The Hall–Kier alpha value is -3.17. The van der Waals surface area contributed by atoms with Crippen LogP contribution in [-0.2, 0) is 29.4 Å². The highest BCUT2D eigenvalue weighted by molar-refractivity contribution is 7.89. The summed E-state index contributed by atoms with van der Waals surface area (Å²) in [6.07, 6.45) is 1.41. The molecule has 160 valence electrons. The number of aryl methyl sites for hydroxylation is 1. The molecule has 1 aromatic heterocycles. The van der Waals surface area contributed by atoms with Crippen molar-refractivity contribution in [2.45, 2.75) is 36.7 Å². The number of nitrogens with one attached hydrogen (secondary N) is 1. The minimum atomic E-state index is -3.67. The summed E-state index contributed by atoms with van der Waals surface area (Å²) in [5.74, 6) is 0.542. The number of nitrogens with zero attached hydrogens (tertiary/aromatic N) is 2. The zero-order valence-electron chi connectivity index (χ0n) is 16.7. The smallest absolute Gasteiger partial charge is 0.388 e. The third-order valence-corrected chi connectivity index (χ3v) is 7.61. The van der Waals surface area contributed by atoms with Gasteiger partial charge in [0.05, 0.1) is 16.5 Å². The fourth-order valence-electron chi connectivity index (χ4n) is 4.15. The Kier molecular flexibility index (Phi) is 4.99. The van der Waals surface area contributed by atoms with E-state index in [-0.39, 0.29) is 29.9 Å². The molecule has 3 aromatic rings. The molecule has 9 heteroatoms. The Bertz CT molecular complexity index is 1220. The van der Waals surface area contributed by atoms with Crippen LogP contribution in [0.15, 0.2) is 64.0 Å². The van der Waals surface area contributed by atoms with Crippen molar-refractivity contribution >= 4 is 16.1 Å². The van der Waals surface area contributed by atoms with Crippen molar-refractivity contribution in [1.29, 1.82) is 0 Å². The lowest BCUT2D eigenvalue weighted by atomic mass is 10.1. The molecule has 8 nitrogen and oxygen atoms in total. The Morgan fingerprint density at radius 3 is 2.71 bits per heavy atom. The van der Waals surface area contributed by atoms with E-state index in [1.807, 2.05) is 18.2 Å². The van der Waals surface area contributed by atoms with Crippen LogP contribution in [0, 0.1) is 0 Å². The second-order valence-corrected chi connectivity index (χ2v) is 9.55. The average molecular weight is 439 g/mol. The van der Waals surface area contributed by atoms with Crippen LogP contribution in [0.1, 0.15) is 34.9 Å². The predicted molar refractivity (Wildman–Crippen MR) is 111 cm³/mol. The van der Waals surface area contributed by atoms with E-state index in [4.69, 9.17) is 9.26 Å².